The molecule has 0 aliphatic heterocycles. The molecule has 0 aliphatic rings. The van der Waals surface area contributed by atoms with Crippen molar-refractivity contribution in [1.82, 2.24) is 0 Å². The summed E-state index contributed by atoms with van der Waals surface area (Å²) in [4.78, 5) is 10.5. The van der Waals surface area contributed by atoms with Crippen LogP contribution in [0.4, 0.5) is 13.2 Å². The second-order valence-corrected chi connectivity index (χ2v) is 2.94. The Morgan fingerprint density at radius 3 is 2.38 bits per heavy atom. The van der Waals surface area contributed by atoms with E-state index in [1.165, 1.54) is 6.07 Å². The Balaban J connectivity index is 0.00000225. The van der Waals surface area contributed by atoms with Crippen molar-refractivity contribution in [3.05, 3.63) is 35.4 Å². The molecule has 1 aromatic rings. The van der Waals surface area contributed by atoms with Gasteiger partial charge in [0.15, 0.2) is 0 Å². The number of carbonyl (C=O) groups is 1. The smallest absolute Gasteiger partial charge is 0.416 e. The first-order valence-electron chi connectivity index (χ1n) is 3.98. The molecule has 0 saturated heterocycles. The van der Waals surface area contributed by atoms with Crippen molar-refractivity contribution < 1.29 is 23.1 Å². The Bertz CT molecular complexity index is 381. The number of benzene rings is 1. The molecule has 0 aromatic heterocycles. The summed E-state index contributed by atoms with van der Waals surface area (Å²) < 4.78 is 36.7. The normalized spacial score (nSPS) is 12.8. The maximum Gasteiger partial charge on any atom is 0.416 e. The molecule has 90 valence electrons. The average Bonchev–Trinajstić information content (AvgIpc) is 2.15. The fraction of sp³-hybridized carbons (Fsp3) is 0.222. The van der Waals surface area contributed by atoms with Crippen LogP contribution < -0.4 is 5.73 Å². The van der Waals surface area contributed by atoms with Crippen molar-refractivity contribution in [2.24, 2.45) is 5.73 Å². The van der Waals surface area contributed by atoms with Crippen LogP contribution in [0.15, 0.2) is 24.3 Å². The van der Waals surface area contributed by atoms with Crippen molar-refractivity contribution in [2.75, 3.05) is 0 Å². The highest BCUT2D eigenvalue weighted by atomic mass is 35.5. The largest absolute Gasteiger partial charge is 0.480 e. The molecular weight excluding hydrogens is 247 g/mol. The van der Waals surface area contributed by atoms with Crippen LogP contribution in [-0.2, 0) is 11.0 Å². The molecule has 0 fully saturated rings. The van der Waals surface area contributed by atoms with Crippen molar-refractivity contribution in [3.63, 3.8) is 0 Å². The predicted octanol–water partition coefficient (Wildman–Crippen LogP) is 2.21. The molecule has 1 unspecified atom stereocenters. The lowest BCUT2D eigenvalue weighted by Crippen LogP contribution is -2.21. The van der Waals surface area contributed by atoms with Gasteiger partial charge in [0.05, 0.1) is 5.56 Å². The van der Waals surface area contributed by atoms with E-state index in [2.05, 4.69) is 0 Å². The van der Waals surface area contributed by atoms with E-state index in [-0.39, 0.29) is 18.0 Å². The summed E-state index contributed by atoms with van der Waals surface area (Å²) in [6.45, 7) is 0. The van der Waals surface area contributed by atoms with E-state index in [1.54, 1.807) is 0 Å². The average molecular weight is 256 g/mol. The van der Waals surface area contributed by atoms with Gasteiger partial charge < -0.3 is 10.8 Å². The number of hydrogen-bond acceptors (Lipinski definition) is 2. The molecular formula is C9H9ClF3NO2. The first-order valence-corrected chi connectivity index (χ1v) is 3.98. The maximum atomic E-state index is 12.2. The Hall–Kier alpha value is -1.27. The summed E-state index contributed by atoms with van der Waals surface area (Å²) in [5.74, 6) is -1.37. The monoisotopic (exact) mass is 255 g/mol. The van der Waals surface area contributed by atoms with E-state index < -0.39 is 23.8 Å². The number of halogens is 4. The third-order valence-electron chi connectivity index (χ3n) is 1.84. The van der Waals surface area contributed by atoms with Crippen molar-refractivity contribution in [3.8, 4) is 0 Å². The summed E-state index contributed by atoms with van der Waals surface area (Å²) >= 11 is 0. The molecule has 7 heteroatoms. The molecule has 0 spiro atoms. The van der Waals surface area contributed by atoms with Gasteiger partial charge in [-0.15, -0.1) is 12.4 Å². The van der Waals surface area contributed by atoms with E-state index in [9.17, 15) is 18.0 Å². The highest BCUT2D eigenvalue weighted by molar-refractivity contribution is 5.85. The lowest BCUT2D eigenvalue weighted by molar-refractivity contribution is -0.140. The van der Waals surface area contributed by atoms with Gasteiger partial charge in [0.2, 0.25) is 0 Å². The van der Waals surface area contributed by atoms with Gasteiger partial charge in [-0.3, -0.25) is 4.79 Å². The number of nitrogens with two attached hydrogens (primary N) is 1. The van der Waals surface area contributed by atoms with Crippen molar-refractivity contribution in [2.45, 2.75) is 12.2 Å². The van der Waals surface area contributed by atoms with Crippen molar-refractivity contribution in [1.29, 1.82) is 0 Å². The highest BCUT2D eigenvalue weighted by Gasteiger charge is 2.31. The summed E-state index contributed by atoms with van der Waals surface area (Å²) in [5.41, 5.74) is 4.21. The van der Waals surface area contributed by atoms with Crippen LogP contribution in [-0.4, -0.2) is 11.1 Å². The minimum Gasteiger partial charge on any atom is -0.480 e. The number of rotatable bonds is 2. The van der Waals surface area contributed by atoms with Gasteiger partial charge in [0.25, 0.3) is 0 Å². The first-order chi connectivity index (χ1) is 6.82. The number of aliphatic carboxylic acids is 1. The fourth-order valence-electron chi connectivity index (χ4n) is 1.05. The van der Waals surface area contributed by atoms with E-state index in [0.717, 1.165) is 18.2 Å². The van der Waals surface area contributed by atoms with Crippen LogP contribution in [0.5, 0.6) is 0 Å². The topological polar surface area (TPSA) is 63.3 Å². The van der Waals surface area contributed by atoms with Crippen LogP contribution in [0.2, 0.25) is 0 Å². The second kappa shape index (κ2) is 5.18. The number of hydrogen-bond donors (Lipinski definition) is 2. The van der Waals surface area contributed by atoms with Gasteiger partial charge in [-0.1, -0.05) is 12.1 Å². The predicted molar refractivity (Wildman–Crippen MR) is 53.3 cm³/mol. The molecule has 16 heavy (non-hydrogen) atoms. The highest BCUT2D eigenvalue weighted by Crippen LogP contribution is 2.30. The molecule has 1 rings (SSSR count). The summed E-state index contributed by atoms with van der Waals surface area (Å²) in [5, 5.41) is 8.52. The van der Waals surface area contributed by atoms with E-state index in [1.807, 2.05) is 0 Å². The Labute approximate surface area is 95.5 Å². The van der Waals surface area contributed by atoms with Gasteiger partial charge >= 0.3 is 12.1 Å². The third kappa shape index (κ3) is 3.39. The van der Waals surface area contributed by atoms with Gasteiger partial charge in [0, 0.05) is 0 Å². The minimum absolute atomic E-state index is 0. The van der Waals surface area contributed by atoms with Crippen LogP contribution in [0.3, 0.4) is 0 Å². The zero-order valence-electron chi connectivity index (χ0n) is 7.86. The minimum atomic E-state index is -4.49. The molecule has 0 bridgehead atoms. The second-order valence-electron chi connectivity index (χ2n) is 2.94. The van der Waals surface area contributed by atoms with Gasteiger partial charge in [-0.05, 0) is 17.7 Å². The molecule has 0 radical (unpaired) electrons. The third-order valence-corrected chi connectivity index (χ3v) is 1.84. The zero-order chi connectivity index (χ0) is 11.6. The first kappa shape index (κ1) is 14.7. The quantitative estimate of drug-likeness (QED) is 0.852. The zero-order valence-corrected chi connectivity index (χ0v) is 8.68. The van der Waals surface area contributed by atoms with Gasteiger partial charge in [-0.25, -0.2) is 0 Å². The molecule has 0 amide bonds. The summed E-state index contributed by atoms with van der Waals surface area (Å²) in [6, 6.07) is 2.53. The van der Waals surface area contributed by atoms with Crippen LogP contribution in [0.1, 0.15) is 17.2 Å². The molecule has 0 aliphatic carbocycles. The molecule has 1 aromatic carbocycles. The summed E-state index contributed by atoms with van der Waals surface area (Å²) in [6.07, 6.45) is -4.49. The molecule has 1 atom stereocenters. The van der Waals surface area contributed by atoms with E-state index in [4.69, 9.17) is 10.8 Å². The van der Waals surface area contributed by atoms with Gasteiger partial charge in [0.1, 0.15) is 6.04 Å². The van der Waals surface area contributed by atoms with Crippen LogP contribution in [0, 0.1) is 0 Å². The van der Waals surface area contributed by atoms with E-state index >= 15 is 0 Å². The van der Waals surface area contributed by atoms with Gasteiger partial charge in [-0.2, -0.15) is 13.2 Å². The van der Waals surface area contributed by atoms with Crippen LogP contribution >= 0.6 is 12.4 Å². The lowest BCUT2D eigenvalue weighted by Gasteiger charge is -2.10. The molecule has 3 nitrogen and oxygen atoms in total. The summed E-state index contributed by atoms with van der Waals surface area (Å²) in [7, 11) is 0. The Morgan fingerprint density at radius 1 is 1.38 bits per heavy atom. The van der Waals surface area contributed by atoms with Crippen LogP contribution in [0.25, 0.3) is 0 Å². The number of alkyl halides is 3. The lowest BCUT2D eigenvalue weighted by atomic mass is 10.0. The maximum absolute atomic E-state index is 12.2. The number of carboxylic acid groups (broad SMARTS) is 1. The standard InChI is InChI=1S/C9H8F3NO2.ClH/c10-9(11,12)6-3-1-2-5(4-6)7(13)8(14)15;/h1-4,7H,13H2,(H,14,15);1H. The Kier molecular flexibility index (Phi) is 4.77. The fourth-order valence-corrected chi connectivity index (χ4v) is 1.05. The SMILES string of the molecule is Cl.NC(C(=O)O)c1cccc(C(F)(F)F)c1. The Morgan fingerprint density at radius 2 is 1.94 bits per heavy atom. The van der Waals surface area contributed by atoms with Crippen molar-refractivity contribution >= 4 is 18.4 Å². The molecule has 0 heterocycles. The molecule has 0 saturated carbocycles. The number of carboxylic acids is 1. The van der Waals surface area contributed by atoms with E-state index in [0.29, 0.717) is 0 Å². The molecule has 3 N–H and O–H groups in total.